The van der Waals surface area contributed by atoms with Crippen LogP contribution >= 0.6 is 0 Å². The van der Waals surface area contributed by atoms with E-state index in [1.807, 2.05) is 47.4 Å². The van der Waals surface area contributed by atoms with E-state index in [1.54, 1.807) is 16.2 Å². The summed E-state index contributed by atoms with van der Waals surface area (Å²) < 4.78 is 5.80. The van der Waals surface area contributed by atoms with E-state index in [0.29, 0.717) is 0 Å². The van der Waals surface area contributed by atoms with Crippen LogP contribution in [-0.4, -0.2) is 50.6 Å². The topological polar surface area (TPSA) is 44.3 Å². The van der Waals surface area contributed by atoms with Gasteiger partial charge in [-0.15, -0.1) is 0 Å². The number of hydrazone groups is 2. The molecule has 0 atom stereocenters. The summed E-state index contributed by atoms with van der Waals surface area (Å²) in [6.45, 7) is 2.03. The monoisotopic (exact) mass is 272 g/mol. The van der Waals surface area contributed by atoms with Crippen LogP contribution in [0.4, 0.5) is 0 Å². The molecule has 0 bridgehead atoms. The Morgan fingerprint density at radius 3 is 2.25 bits per heavy atom. The lowest BCUT2D eigenvalue weighted by molar-refractivity contribution is 0.438. The number of hydrogen-bond donors (Lipinski definition) is 0. The Morgan fingerprint density at radius 2 is 1.60 bits per heavy atom. The molecule has 0 saturated heterocycles. The first-order chi connectivity index (χ1) is 9.45. The van der Waals surface area contributed by atoms with Crippen molar-refractivity contribution in [2.75, 3.05) is 28.2 Å². The Bertz CT molecular complexity index is 653. The van der Waals surface area contributed by atoms with Gasteiger partial charge in [0.25, 0.3) is 0 Å². The van der Waals surface area contributed by atoms with Crippen LogP contribution in [0.15, 0.2) is 32.8 Å². The Labute approximate surface area is 119 Å². The first kappa shape index (κ1) is 14.1. The van der Waals surface area contributed by atoms with E-state index in [0.717, 1.165) is 27.9 Å². The highest BCUT2D eigenvalue weighted by Gasteiger charge is 2.06. The highest BCUT2D eigenvalue weighted by molar-refractivity contribution is 5.93. The summed E-state index contributed by atoms with van der Waals surface area (Å²) in [5.41, 5.74) is 3.04. The molecule has 5 nitrogen and oxygen atoms in total. The molecule has 2 rings (SSSR count). The molecule has 0 fully saturated rings. The summed E-state index contributed by atoms with van der Waals surface area (Å²) in [7, 11) is 7.55. The van der Waals surface area contributed by atoms with Crippen LogP contribution in [0, 0.1) is 6.92 Å². The van der Waals surface area contributed by atoms with Crippen molar-refractivity contribution < 1.29 is 4.42 Å². The smallest absolute Gasteiger partial charge is 0.148 e. The van der Waals surface area contributed by atoms with Crippen LogP contribution in [0.5, 0.6) is 0 Å². The van der Waals surface area contributed by atoms with Crippen molar-refractivity contribution in [1.82, 2.24) is 10.0 Å². The fourth-order valence-electron chi connectivity index (χ4n) is 1.87. The minimum Gasteiger partial charge on any atom is -0.455 e. The molecule has 1 aromatic heterocycles. The molecule has 0 aliphatic rings. The molecule has 0 N–H and O–H groups in total. The predicted molar refractivity (Wildman–Crippen MR) is 83.5 cm³/mol. The fraction of sp³-hybridized carbons (Fsp3) is 0.333. The summed E-state index contributed by atoms with van der Waals surface area (Å²) in [6.07, 6.45) is 3.56. The zero-order chi connectivity index (χ0) is 14.7. The fourth-order valence-corrected chi connectivity index (χ4v) is 1.87. The molecule has 20 heavy (non-hydrogen) atoms. The molecule has 2 aromatic rings. The van der Waals surface area contributed by atoms with Crippen molar-refractivity contribution in [2.45, 2.75) is 6.92 Å². The number of furan rings is 1. The lowest BCUT2D eigenvalue weighted by atomic mass is 10.1. The van der Waals surface area contributed by atoms with Crippen LogP contribution < -0.4 is 0 Å². The standard InChI is InChI=1S/C15H20N4O/c1-11-6-12(9-16-18(2)3)7-13-8-14(20-15(11)13)10-17-19(4)5/h6-10H,1-5H3/b16-9-,17-10-. The van der Waals surface area contributed by atoms with Gasteiger partial charge in [-0.3, -0.25) is 0 Å². The second-order valence-corrected chi connectivity index (χ2v) is 5.09. The van der Waals surface area contributed by atoms with E-state index < -0.39 is 0 Å². The Kier molecular flexibility index (Phi) is 4.08. The third kappa shape index (κ3) is 3.38. The van der Waals surface area contributed by atoms with Gasteiger partial charge in [0.05, 0.1) is 12.4 Å². The molecular formula is C15H20N4O. The van der Waals surface area contributed by atoms with Gasteiger partial charge in [-0.2, -0.15) is 10.2 Å². The van der Waals surface area contributed by atoms with Crippen molar-refractivity contribution in [2.24, 2.45) is 10.2 Å². The van der Waals surface area contributed by atoms with Crippen molar-refractivity contribution in [3.63, 3.8) is 0 Å². The van der Waals surface area contributed by atoms with Gasteiger partial charge in [0.1, 0.15) is 11.3 Å². The van der Waals surface area contributed by atoms with Gasteiger partial charge in [-0.25, -0.2) is 0 Å². The lowest BCUT2D eigenvalue weighted by Crippen LogP contribution is -2.01. The normalized spacial score (nSPS) is 11.8. The van der Waals surface area contributed by atoms with E-state index in [1.165, 1.54) is 0 Å². The van der Waals surface area contributed by atoms with E-state index in [2.05, 4.69) is 22.3 Å². The third-order valence-corrected chi connectivity index (χ3v) is 2.70. The number of aryl methyl sites for hydroxylation is 1. The van der Waals surface area contributed by atoms with E-state index in [4.69, 9.17) is 4.42 Å². The van der Waals surface area contributed by atoms with Gasteiger partial charge in [0, 0.05) is 33.6 Å². The second kappa shape index (κ2) is 5.77. The maximum absolute atomic E-state index is 5.80. The first-order valence-electron chi connectivity index (χ1n) is 6.42. The highest BCUT2D eigenvalue weighted by Crippen LogP contribution is 2.23. The van der Waals surface area contributed by atoms with Gasteiger partial charge < -0.3 is 14.4 Å². The third-order valence-electron chi connectivity index (χ3n) is 2.70. The molecular weight excluding hydrogens is 252 g/mol. The van der Waals surface area contributed by atoms with Gasteiger partial charge >= 0.3 is 0 Å². The van der Waals surface area contributed by atoms with E-state index in [-0.39, 0.29) is 0 Å². The molecule has 1 heterocycles. The average Bonchev–Trinajstić information content (AvgIpc) is 2.77. The van der Waals surface area contributed by atoms with Gasteiger partial charge in [-0.05, 0) is 36.2 Å². The van der Waals surface area contributed by atoms with Crippen molar-refractivity contribution in [3.8, 4) is 0 Å². The van der Waals surface area contributed by atoms with Crippen molar-refractivity contribution in [3.05, 3.63) is 35.1 Å². The molecule has 0 aliphatic heterocycles. The number of rotatable bonds is 4. The molecule has 0 radical (unpaired) electrons. The summed E-state index contributed by atoms with van der Waals surface area (Å²) in [6, 6.07) is 6.11. The van der Waals surface area contributed by atoms with E-state index >= 15 is 0 Å². The molecule has 0 unspecified atom stereocenters. The van der Waals surface area contributed by atoms with Gasteiger partial charge in [0.2, 0.25) is 0 Å². The zero-order valence-electron chi connectivity index (χ0n) is 12.6. The Morgan fingerprint density at radius 1 is 0.950 bits per heavy atom. The molecule has 0 aliphatic carbocycles. The van der Waals surface area contributed by atoms with Crippen LogP contribution in [-0.2, 0) is 0 Å². The van der Waals surface area contributed by atoms with Crippen LogP contribution in [0.1, 0.15) is 16.9 Å². The summed E-state index contributed by atoms with van der Waals surface area (Å²) >= 11 is 0. The number of fused-ring (bicyclic) bond motifs is 1. The molecule has 0 amide bonds. The zero-order valence-corrected chi connectivity index (χ0v) is 12.6. The van der Waals surface area contributed by atoms with Gasteiger partial charge in [-0.1, -0.05) is 0 Å². The second-order valence-electron chi connectivity index (χ2n) is 5.09. The number of hydrogen-bond acceptors (Lipinski definition) is 5. The molecule has 0 saturated carbocycles. The first-order valence-corrected chi connectivity index (χ1v) is 6.42. The number of nitrogens with zero attached hydrogens (tertiary/aromatic N) is 4. The maximum atomic E-state index is 5.80. The van der Waals surface area contributed by atoms with E-state index in [9.17, 15) is 0 Å². The van der Waals surface area contributed by atoms with Crippen molar-refractivity contribution >= 4 is 23.4 Å². The average molecular weight is 272 g/mol. The molecule has 106 valence electrons. The van der Waals surface area contributed by atoms with Crippen molar-refractivity contribution in [1.29, 1.82) is 0 Å². The quantitative estimate of drug-likeness (QED) is 0.634. The maximum Gasteiger partial charge on any atom is 0.148 e. The Balaban J connectivity index is 2.39. The number of benzene rings is 1. The molecule has 5 heteroatoms. The minimum absolute atomic E-state index is 0.749. The summed E-state index contributed by atoms with van der Waals surface area (Å²) in [4.78, 5) is 0. The van der Waals surface area contributed by atoms with Crippen LogP contribution in [0.25, 0.3) is 11.0 Å². The summed E-state index contributed by atoms with van der Waals surface area (Å²) in [5, 5.41) is 13.0. The molecule has 0 spiro atoms. The summed E-state index contributed by atoms with van der Waals surface area (Å²) in [5.74, 6) is 0.749. The van der Waals surface area contributed by atoms with Crippen LogP contribution in [0.2, 0.25) is 0 Å². The highest BCUT2D eigenvalue weighted by atomic mass is 16.3. The van der Waals surface area contributed by atoms with Crippen LogP contribution in [0.3, 0.4) is 0 Å². The van der Waals surface area contributed by atoms with Gasteiger partial charge in [0.15, 0.2) is 0 Å². The SMILES string of the molecule is Cc1cc(/C=N\N(C)C)cc2cc(/C=N\N(C)C)oc12. The molecule has 1 aromatic carbocycles. The Hall–Kier alpha value is -2.30. The largest absolute Gasteiger partial charge is 0.455 e. The predicted octanol–water partition coefficient (Wildman–Crippen LogP) is 2.53. The lowest BCUT2D eigenvalue weighted by Gasteiger charge is -2.03. The minimum atomic E-state index is 0.749.